The van der Waals surface area contributed by atoms with Crippen LogP contribution in [0.3, 0.4) is 0 Å². The summed E-state index contributed by atoms with van der Waals surface area (Å²) in [5.74, 6) is -0.507. The Balaban J connectivity index is 1.90. The van der Waals surface area contributed by atoms with Gasteiger partial charge in [-0.05, 0) is 16.3 Å². The molecule has 0 radical (unpaired) electrons. The third-order valence-electron chi connectivity index (χ3n) is 4.14. The SMILES string of the molecule is O=C(C[C@H](C[N+](=O)[O-])c1ccc2ccccc2c1)c1ccccc1. The maximum absolute atomic E-state index is 12.5. The Morgan fingerprint density at radius 3 is 2.29 bits per heavy atom. The molecule has 4 heteroatoms. The van der Waals surface area contributed by atoms with E-state index in [1.165, 1.54) is 0 Å². The van der Waals surface area contributed by atoms with E-state index in [2.05, 4.69) is 0 Å². The molecule has 3 aromatic rings. The minimum absolute atomic E-state index is 0.0735. The van der Waals surface area contributed by atoms with Crippen LogP contribution in [0.1, 0.15) is 28.3 Å². The average Bonchev–Trinajstić information content (AvgIpc) is 2.61. The van der Waals surface area contributed by atoms with Gasteiger partial charge in [-0.2, -0.15) is 0 Å². The number of benzene rings is 3. The van der Waals surface area contributed by atoms with Crippen LogP contribution in [0.25, 0.3) is 10.8 Å². The minimum atomic E-state index is -0.433. The molecule has 0 N–H and O–H groups in total. The molecule has 3 rings (SSSR count). The molecule has 0 unspecified atom stereocenters. The molecule has 0 bridgehead atoms. The van der Waals surface area contributed by atoms with Gasteiger partial charge in [0.1, 0.15) is 0 Å². The lowest BCUT2D eigenvalue weighted by Crippen LogP contribution is -2.16. The van der Waals surface area contributed by atoms with Gasteiger partial charge in [-0.25, -0.2) is 0 Å². The van der Waals surface area contributed by atoms with E-state index in [4.69, 9.17) is 0 Å². The summed E-state index contributed by atoms with van der Waals surface area (Å²) >= 11 is 0. The molecule has 0 fully saturated rings. The lowest BCUT2D eigenvalue weighted by molar-refractivity contribution is -0.483. The van der Waals surface area contributed by atoms with E-state index in [1.807, 2.05) is 48.5 Å². The number of nitro groups is 1. The van der Waals surface area contributed by atoms with Crippen LogP contribution in [0.4, 0.5) is 0 Å². The molecule has 0 amide bonds. The van der Waals surface area contributed by atoms with Gasteiger partial charge in [0.15, 0.2) is 5.78 Å². The molecule has 4 nitrogen and oxygen atoms in total. The first kappa shape index (κ1) is 15.9. The molecule has 1 atom stereocenters. The molecular formula is C20H17NO3. The summed E-state index contributed by atoms with van der Waals surface area (Å²) in [5, 5.41) is 13.2. The first-order chi connectivity index (χ1) is 11.6. The number of Topliss-reactive ketones (excluding diaryl/α,β-unsaturated/α-hetero) is 1. The smallest absolute Gasteiger partial charge is 0.211 e. The Morgan fingerprint density at radius 2 is 1.58 bits per heavy atom. The third kappa shape index (κ3) is 3.66. The lowest BCUT2D eigenvalue weighted by Gasteiger charge is -2.13. The summed E-state index contributed by atoms with van der Waals surface area (Å²) in [5.41, 5.74) is 1.42. The number of hydrogen-bond donors (Lipinski definition) is 0. The van der Waals surface area contributed by atoms with Crippen molar-refractivity contribution in [2.45, 2.75) is 12.3 Å². The number of carbonyl (C=O) groups excluding carboxylic acids is 1. The molecule has 120 valence electrons. The van der Waals surface area contributed by atoms with Gasteiger partial charge in [0.25, 0.3) is 0 Å². The highest BCUT2D eigenvalue weighted by atomic mass is 16.6. The van der Waals surface area contributed by atoms with Gasteiger partial charge >= 0.3 is 0 Å². The van der Waals surface area contributed by atoms with E-state index >= 15 is 0 Å². The molecule has 0 aromatic heterocycles. The fourth-order valence-electron chi connectivity index (χ4n) is 2.90. The summed E-state index contributed by atoms with van der Waals surface area (Å²) in [6.07, 6.45) is 0.128. The van der Waals surface area contributed by atoms with Crippen LogP contribution in [0.2, 0.25) is 0 Å². The number of fused-ring (bicyclic) bond motifs is 1. The summed E-state index contributed by atoms with van der Waals surface area (Å²) in [6, 6.07) is 22.6. The molecule has 0 aliphatic heterocycles. The topological polar surface area (TPSA) is 60.2 Å². The minimum Gasteiger partial charge on any atom is -0.294 e. The van der Waals surface area contributed by atoms with Crippen molar-refractivity contribution in [3.63, 3.8) is 0 Å². The number of rotatable bonds is 6. The van der Waals surface area contributed by atoms with E-state index in [-0.39, 0.29) is 23.7 Å². The van der Waals surface area contributed by atoms with Crippen molar-refractivity contribution in [3.8, 4) is 0 Å². The van der Waals surface area contributed by atoms with Crippen molar-refractivity contribution in [3.05, 3.63) is 94.0 Å². The molecular weight excluding hydrogens is 302 g/mol. The Labute approximate surface area is 139 Å². The zero-order chi connectivity index (χ0) is 16.9. The Morgan fingerprint density at radius 1 is 0.917 bits per heavy atom. The number of ketones is 1. The predicted octanol–water partition coefficient (Wildman–Crippen LogP) is 4.47. The maximum Gasteiger partial charge on any atom is 0.211 e. The van der Waals surface area contributed by atoms with E-state index in [0.29, 0.717) is 5.56 Å². The van der Waals surface area contributed by atoms with Crippen LogP contribution in [0.15, 0.2) is 72.8 Å². The van der Waals surface area contributed by atoms with E-state index in [9.17, 15) is 14.9 Å². The molecule has 0 saturated heterocycles. The van der Waals surface area contributed by atoms with Crippen molar-refractivity contribution >= 4 is 16.6 Å². The number of carbonyl (C=O) groups is 1. The van der Waals surface area contributed by atoms with Crippen molar-refractivity contribution in [1.29, 1.82) is 0 Å². The third-order valence-corrected chi connectivity index (χ3v) is 4.14. The molecule has 0 saturated carbocycles. The molecule has 0 aliphatic rings. The second-order valence-electron chi connectivity index (χ2n) is 5.81. The highest BCUT2D eigenvalue weighted by Crippen LogP contribution is 2.26. The number of hydrogen-bond acceptors (Lipinski definition) is 3. The average molecular weight is 319 g/mol. The Bertz CT molecular complexity index is 874. The zero-order valence-electron chi connectivity index (χ0n) is 13.1. The second-order valence-corrected chi connectivity index (χ2v) is 5.81. The molecule has 0 spiro atoms. The summed E-state index contributed by atoms with van der Waals surface area (Å²) in [4.78, 5) is 23.2. The van der Waals surface area contributed by atoms with Crippen LogP contribution in [0, 0.1) is 10.1 Å². The van der Waals surface area contributed by atoms with Crippen molar-refractivity contribution in [1.82, 2.24) is 0 Å². The quantitative estimate of drug-likeness (QED) is 0.382. The lowest BCUT2D eigenvalue weighted by atomic mass is 9.90. The van der Waals surface area contributed by atoms with Gasteiger partial charge in [0, 0.05) is 16.9 Å². The Kier molecular flexibility index (Phi) is 4.66. The fraction of sp³-hybridized carbons (Fsp3) is 0.150. The first-order valence-electron chi connectivity index (χ1n) is 7.82. The van der Waals surface area contributed by atoms with Crippen molar-refractivity contribution in [2.24, 2.45) is 0 Å². The van der Waals surface area contributed by atoms with Crippen LogP contribution in [-0.2, 0) is 0 Å². The maximum atomic E-state index is 12.5. The van der Waals surface area contributed by atoms with Gasteiger partial charge in [0.2, 0.25) is 6.54 Å². The molecule has 3 aromatic carbocycles. The second kappa shape index (κ2) is 7.04. The number of nitrogens with zero attached hydrogens (tertiary/aromatic N) is 1. The summed E-state index contributed by atoms with van der Waals surface area (Å²) < 4.78 is 0. The molecule has 0 aliphatic carbocycles. The first-order valence-corrected chi connectivity index (χ1v) is 7.82. The van der Waals surface area contributed by atoms with E-state index < -0.39 is 5.92 Å². The van der Waals surface area contributed by atoms with Crippen molar-refractivity contribution in [2.75, 3.05) is 6.54 Å². The van der Waals surface area contributed by atoms with Crippen LogP contribution >= 0.6 is 0 Å². The highest BCUT2D eigenvalue weighted by Gasteiger charge is 2.22. The Hall–Kier alpha value is -3.01. The van der Waals surface area contributed by atoms with Crippen LogP contribution < -0.4 is 0 Å². The van der Waals surface area contributed by atoms with Gasteiger partial charge < -0.3 is 0 Å². The molecule has 24 heavy (non-hydrogen) atoms. The summed E-state index contributed by atoms with van der Waals surface area (Å²) in [6.45, 7) is -0.253. The van der Waals surface area contributed by atoms with Crippen LogP contribution in [0.5, 0.6) is 0 Å². The van der Waals surface area contributed by atoms with Gasteiger partial charge in [0.05, 0.1) is 5.92 Å². The fourth-order valence-corrected chi connectivity index (χ4v) is 2.90. The van der Waals surface area contributed by atoms with Crippen molar-refractivity contribution < 1.29 is 9.72 Å². The van der Waals surface area contributed by atoms with E-state index in [1.54, 1.807) is 24.3 Å². The van der Waals surface area contributed by atoms with Gasteiger partial charge in [-0.1, -0.05) is 72.8 Å². The van der Waals surface area contributed by atoms with Crippen LogP contribution in [-0.4, -0.2) is 17.3 Å². The largest absolute Gasteiger partial charge is 0.294 e. The zero-order valence-corrected chi connectivity index (χ0v) is 13.1. The highest BCUT2D eigenvalue weighted by molar-refractivity contribution is 5.96. The summed E-state index contributed by atoms with van der Waals surface area (Å²) in [7, 11) is 0. The van der Waals surface area contributed by atoms with Gasteiger partial charge in [-0.15, -0.1) is 0 Å². The monoisotopic (exact) mass is 319 g/mol. The standard InChI is InChI=1S/C20H17NO3/c22-20(16-7-2-1-3-8-16)13-19(14-21(23)24)18-11-10-15-6-4-5-9-17(15)12-18/h1-12,19H,13-14H2/t19-/m1/s1. The molecule has 0 heterocycles. The van der Waals surface area contributed by atoms with Gasteiger partial charge in [-0.3, -0.25) is 14.9 Å². The predicted molar refractivity (Wildman–Crippen MR) is 93.9 cm³/mol. The van der Waals surface area contributed by atoms with E-state index in [0.717, 1.165) is 16.3 Å². The normalized spacial score (nSPS) is 12.0.